The summed E-state index contributed by atoms with van der Waals surface area (Å²) in [6, 6.07) is 2.86. The molecule has 0 bridgehead atoms. The number of hydrogen-bond donors (Lipinski definition) is 1. The number of aromatic nitrogens is 3. The van der Waals surface area contributed by atoms with Gasteiger partial charge in [-0.3, -0.25) is 14.9 Å². The number of nitro benzene ring substituents is 1. The fraction of sp³-hybridized carbons (Fsp3) is 0.471. The molecule has 0 atom stereocenters. The van der Waals surface area contributed by atoms with Gasteiger partial charge in [0.15, 0.2) is 10.9 Å². The zero-order valence-electron chi connectivity index (χ0n) is 15.2. The van der Waals surface area contributed by atoms with Gasteiger partial charge in [-0.05, 0) is 25.3 Å². The van der Waals surface area contributed by atoms with Crippen molar-refractivity contribution in [3.05, 3.63) is 33.6 Å². The molecule has 27 heavy (non-hydrogen) atoms. The van der Waals surface area contributed by atoms with Gasteiger partial charge in [-0.25, -0.2) is 0 Å². The molecule has 3 rings (SSSR count). The normalized spacial score (nSPS) is 13.6. The lowest BCUT2D eigenvalue weighted by Crippen LogP contribution is -2.16. The van der Waals surface area contributed by atoms with Gasteiger partial charge in [-0.15, -0.1) is 10.2 Å². The van der Waals surface area contributed by atoms with Crippen LogP contribution in [-0.4, -0.2) is 38.5 Å². The SMILES string of the molecule is COc1cc(NC(=O)CSc2nnc3n2CCCCC3)c(C)cc1[N+](=O)[O-]. The number of benzene rings is 1. The lowest BCUT2D eigenvalue weighted by molar-refractivity contribution is -0.385. The largest absolute Gasteiger partial charge is 0.490 e. The Morgan fingerprint density at radius 2 is 2.19 bits per heavy atom. The number of methoxy groups -OCH3 is 1. The molecule has 1 N–H and O–H groups in total. The van der Waals surface area contributed by atoms with E-state index in [9.17, 15) is 14.9 Å². The second-order valence-electron chi connectivity index (χ2n) is 6.29. The minimum Gasteiger partial charge on any atom is -0.490 e. The van der Waals surface area contributed by atoms with Crippen molar-refractivity contribution in [3.8, 4) is 5.75 Å². The lowest BCUT2D eigenvalue weighted by atomic mass is 10.1. The molecule has 1 aromatic heterocycles. The molecule has 1 aliphatic rings. The summed E-state index contributed by atoms with van der Waals surface area (Å²) in [6.45, 7) is 2.58. The number of nitro groups is 1. The number of ether oxygens (including phenoxy) is 1. The van der Waals surface area contributed by atoms with Crippen molar-refractivity contribution < 1.29 is 14.5 Å². The summed E-state index contributed by atoms with van der Waals surface area (Å²) in [5.41, 5.74) is 0.953. The van der Waals surface area contributed by atoms with Crippen LogP contribution in [-0.2, 0) is 17.8 Å². The van der Waals surface area contributed by atoms with Gasteiger partial charge < -0.3 is 14.6 Å². The Bertz CT molecular complexity index is 867. The molecule has 0 saturated heterocycles. The fourth-order valence-corrected chi connectivity index (χ4v) is 3.78. The second-order valence-corrected chi connectivity index (χ2v) is 7.24. The summed E-state index contributed by atoms with van der Waals surface area (Å²) in [7, 11) is 1.36. The van der Waals surface area contributed by atoms with Crippen LogP contribution in [0.4, 0.5) is 11.4 Å². The molecule has 0 spiro atoms. The molecule has 144 valence electrons. The Labute approximate surface area is 160 Å². The van der Waals surface area contributed by atoms with Crippen LogP contribution in [0, 0.1) is 17.0 Å². The number of carbonyl (C=O) groups is 1. The van der Waals surface area contributed by atoms with Crippen LogP contribution in [0.25, 0.3) is 0 Å². The van der Waals surface area contributed by atoms with Crippen molar-refractivity contribution in [2.24, 2.45) is 0 Å². The van der Waals surface area contributed by atoms with Gasteiger partial charge in [0.25, 0.3) is 0 Å². The number of hydrogen-bond acceptors (Lipinski definition) is 7. The Kier molecular flexibility index (Phi) is 5.94. The van der Waals surface area contributed by atoms with Crippen LogP contribution < -0.4 is 10.1 Å². The van der Waals surface area contributed by atoms with Crippen LogP contribution in [0.3, 0.4) is 0 Å². The quantitative estimate of drug-likeness (QED) is 0.457. The highest BCUT2D eigenvalue weighted by atomic mass is 32.2. The molecular formula is C17H21N5O4S. The van der Waals surface area contributed by atoms with E-state index in [2.05, 4.69) is 20.1 Å². The molecule has 2 heterocycles. The van der Waals surface area contributed by atoms with Crippen molar-refractivity contribution in [3.63, 3.8) is 0 Å². The van der Waals surface area contributed by atoms with Gasteiger partial charge in [-0.1, -0.05) is 18.2 Å². The summed E-state index contributed by atoms with van der Waals surface area (Å²) in [5.74, 6) is 1.05. The summed E-state index contributed by atoms with van der Waals surface area (Å²) in [6.07, 6.45) is 4.30. The van der Waals surface area contributed by atoms with E-state index in [4.69, 9.17) is 4.74 Å². The first kappa shape index (κ1) is 19.2. The smallest absolute Gasteiger partial charge is 0.311 e. The average Bonchev–Trinajstić information content (AvgIpc) is 2.87. The van der Waals surface area contributed by atoms with E-state index in [0.717, 1.165) is 36.8 Å². The van der Waals surface area contributed by atoms with Crippen molar-refractivity contribution >= 4 is 29.0 Å². The highest BCUT2D eigenvalue weighted by Crippen LogP contribution is 2.33. The summed E-state index contributed by atoms with van der Waals surface area (Å²) < 4.78 is 7.15. The molecular weight excluding hydrogens is 370 g/mol. The minimum absolute atomic E-state index is 0.108. The van der Waals surface area contributed by atoms with Crippen LogP contribution >= 0.6 is 11.8 Å². The van der Waals surface area contributed by atoms with E-state index in [0.29, 0.717) is 11.3 Å². The van der Waals surface area contributed by atoms with E-state index in [-0.39, 0.29) is 23.1 Å². The van der Waals surface area contributed by atoms with Gasteiger partial charge in [0.2, 0.25) is 5.91 Å². The van der Waals surface area contributed by atoms with E-state index < -0.39 is 4.92 Å². The number of amides is 1. The molecule has 0 unspecified atom stereocenters. The maximum absolute atomic E-state index is 12.4. The zero-order valence-corrected chi connectivity index (χ0v) is 16.0. The first-order valence-electron chi connectivity index (χ1n) is 8.67. The van der Waals surface area contributed by atoms with Crippen LogP contribution in [0.1, 0.15) is 30.7 Å². The topological polar surface area (TPSA) is 112 Å². The number of rotatable bonds is 6. The molecule has 9 nitrogen and oxygen atoms in total. The Hall–Kier alpha value is -2.62. The summed E-state index contributed by atoms with van der Waals surface area (Å²) >= 11 is 1.34. The minimum atomic E-state index is -0.510. The number of fused-ring (bicyclic) bond motifs is 1. The average molecular weight is 391 g/mol. The van der Waals surface area contributed by atoms with Crippen molar-refractivity contribution in [2.45, 2.75) is 44.3 Å². The number of nitrogens with one attached hydrogen (secondary N) is 1. The first-order valence-corrected chi connectivity index (χ1v) is 9.66. The Morgan fingerprint density at radius 1 is 1.37 bits per heavy atom. The Morgan fingerprint density at radius 3 is 2.93 bits per heavy atom. The number of carbonyl (C=O) groups excluding carboxylic acids is 1. The monoisotopic (exact) mass is 391 g/mol. The van der Waals surface area contributed by atoms with E-state index >= 15 is 0 Å². The highest BCUT2D eigenvalue weighted by Gasteiger charge is 2.19. The Balaban J connectivity index is 1.66. The van der Waals surface area contributed by atoms with Crippen molar-refractivity contribution in [1.29, 1.82) is 0 Å². The maximum atomic E-state index is 12.4. The summed E-state index contributed by atoms with van der Waals surface area (Å²) in [4.78, 5) is 22.9. The fourth-order valence-electron chi connectivity index (χ4n) is 3.00. The zero-order chi connectivity index (χ0) is 19.4. The highest BCUT2D eigenvalue weighted by molar-refractivity contribution is 7.99. The van der Waals surface area contributed by atoms with Crippen molar-refractivity contribution in [1.82, 2.24) is 14.8 Å². The van der Waals surface area contributed by atoms with Crippen LogP contribution in [0.15, 0.2) is 17.3 Å². The second kappa shape index (κ2) is 8.38. The number of aryl methyl sites for hydroxylation is 2. The lowest BCUT2D eigenvalue weighted by Gasteiger charge is -2.11. The molecule has 1 aliphatic heterocycles. The van der Waals surface area contributed by atoms with E-state index in [1.807, 2.05) is 0 Å². The van der Waals surface area contributed by atoms with E-state index in [1.54, 1.807) is 6.92 Å². The molecule has 1 amide bonds. The number of anilines is 1. The van der Waals surface area contributed by atoms with Crippen LogP contribution in [0.5, 0.6) is 5.75 Å². The maximum Gasteiger partial charge on any atom is 0.311 e. The molecule has 0 radical (unpaired) electrons. The summed E-state index contributed by atoms with van der Waals surface area (Å²) in [5, 5.41) is 23.0. The molecule has 1 aromatic carbocycles. The van der Waals surface area contributed by atoms with E-state index in [1.165, 1.54) is 37.4 Å². The van der Waals surface area contributed by atoms with Gasteiger partial charge >= 0.3 is 5.69 Å². The standard InChI is InChI=1S/C17H21N5O4S/c1-11-8-13(22(24)25)14(26-2)9-12(11)18-16(23)10-27-17-20-19-15-6-4-3-5-7-21(15)17/h8-9H,3-7,10H2,1-2H3,(H,18,23). The third-order valence-electron chi connectivity index (χ3n) is 4.40. The van der Waals surface area contributed by atoms with Gasteiger partial charge in [0.05, 0.1) is 17.8 Å². The van der Waals surface area contributed by atoms with Gasteiger partial charge in [-0.2, -0.15) is 0 Å². The van der Waals surface area contributed by atoms with Gasteiger partial charge in [0.1, 0.15) is 5.82 Å². The number of nitrogens with zero attached hydrogens (tertiary/aromatic N) is 4. The predicted octanol–water partition coefficient (Wildman–Crippen LogP) is 2.96. The molecule has 2 aromatic rings. The van der Waals surface area contributed by atoms with Gasteiger partial charge in [0, 0.05) is 30.8 Å². The third-order valence-corrected chi connectivity index (χ3v) is 5.37. The molecule has 0 saturated carbocycles. The third kappa shape index (κ3) is 4.38. The molecule has 0 aliphatic carbocycles. The molecule has 10 heteroatoms. The van der Waals surface area contributed by atoms with Crippen LogP contribution in [0.2, 0.25) is 0 Å². The molecule has 0 fully saturated rings. The first-order chi connectivity index (χ1) is 13.0. The van der Waals surface area contributed by atoms with Crippen molar-refractivity contribution in [2.75, 3.05) is 18.2 Å². The number of thioether (sulfide) groups is 1. The predicted molar refractivity (Wildman–Crippen MR) is 101 cm³/mol.